The van der Waals surface area contributed by atoms with Gasteiger partial charge in [0.25, 0.3) is 0 Å². The zero-order chi connectivity index (χ0) is 10.4. The van der Waals surface area contributed by atoms with E-state index < -0.39 is 0 Å². The molecule has 0 aliphatic carbocycles. The molecule has 1 rings (SSSR count). The average Bonchev–Trinajstić information content (AvgIpc) is 2.65. The first-order chi connectivity index (χ1) is 6.80. The van der Waals surface area contributed by atoms with Gasteiger partial charge in [0, 0.05) is 6.04 Å². The van der Waals surface area contributed by atoms with Crippen molar-refractivity contribution in [3.8, 4) is 0 Å². The van der Waals surface area contributed by atoms with Gasteiger partial charge in [0.2, 0.25) is 5.13 Å². The van der Waals surface area contributed by atoms with Crippen molar-refractivity contribution in [2.75, 3.05) is 5.32 Å². The minimum absolute atomic E-state index is 0.553. The molecule has 1 aromatic heterocycles. The van der Waals surface area contributed by atoms with Crippen LogP contribution >= 0.6 is 11.3 Å². The summed E-state index contributed by atoms with van der Waals surface area (Å²) < 4.78 is 0. The SMILES string of the molecule is CCCC(CC)Nc1nnc(CC)s1. The molecule has 3 nitrogen and oxygen atoms in total. The normalized spacial score (nSPS) is 12.8. The first-order valence-corrected chi connectivity index (χ1v) is 6.20. The van der Waals surface area contributed by atoms with E-state index in [0.717, 1.165) is 23.0 Å². The van der Waals surface area contributed by atoms with Gasteiger partial charge in [-0.3, -0.25) is 0 Å². The maximum absolute atomic E-state index is 4.11. The van der Waals surface area contributed by atoms with Crippen LogP contribution in [0.2, 0.25) is 0 Å². The Morgan fingerprint density at radius 2 is 2.07 bits per heavy atom. The van der Waals surface area contributed by atoms with E-state index in [1.165, 1.54) is 12.8 Å². The van der Waals surface area contributed by atoms with Gasteiger partial charge in [-0.15, -0.1) is 10.2 Å². The molecule has 1 unspecified atom stereocenters. The molecule has 0 spiro atoms. The predicted octanol–water partition coefficient (Wildman–Crippen LogP) is 3.09. The highest BCUT2D eigenvalue weighted by Crippen LogP contribution is 2.18. The molecule has 1 aromatic rings. The predicted molar refractivity (Wildman–Crippen MR) is 61.9 cm³/mol. The molecule has 14 heavy (non-hydrogen) atoms. The van der Waals surface area contributed by atoms with Crippen molar-refractivity contribution < 1.29 is 0 Å². The summed E-state index contributed by atoms with van der Waals surface area (Å²) in [7, 11) is 0. The molecule has 0 bridgehead atoms. The van der Waals surface area contributed by atoms with Gasteiger partial charge >= 0.3 is 0 Å². The van der Waals surface area contributed by atoms with Crippen LogP contribution in [0.25, 0.3) is 0 Å². The Labute approximate surface area is 89.9 Å². The Kier molecular flexibility index (Phi) is 4.87. The van der Waals surface area contributed by atoms with E-state index in [1.807, 2.05) is 0 Å². The lowest BCUT2D eigenvalue weighted by molar-refractivity contribution is 0.621. The third-order valence-corrected chi connectivity index (χ3v) is 3.23. The van der Waals surface area contributed by atoms with E-state index in [2.05, 4.69) is 36.3 Å². The summed E-state index contributed by atoms with van der Waals surface area (Å²) in [5, 5.41) is 13.7. The second-order valence-electron chi connectivity index (χ2n) is 3.39. The van der Waals surface area contributed by atoms with Crippen molar-refractivity contribution in [1.82, 2.24) is 10.2 Å². The first-order valence-electron chi connectivity index (χ1n) is 5.39. The summed E-state index contributed by atoms with van der Waals surface area (Å²) in [5.41, 5.74) is 0. The third-order valence-electron chi connectivity index (χ3n) is 2.23. The fourth-order valence-electron chi connectivity index (χ4n) is 1.36. The van der Waals surface area contributed by atoms with E-state index >= 15 is 0 Å². The molecular weight excluding hydrogens is 194 g/mol. The van der Waals surface area contributed by atoms with Gasteiger partial charge in [-0.25, -0.2) is 0 Å². The van der Waals surface area contributed by atoms with Crippen LogP contribution in [0.5, 0.6) is 0 Å². The number of rotatable bonds is 6. The van der Waals surface area contributed by atoms with Gasteiger partial charge in [-0.05, 0) is 19.3 Å². The number of anilines is 1. The fourth-order valence-corrected chi connectivity index (χ4v) is 2.11. The summed E-state index contributed by atoms with van der Waals surface area (Å²) in [6.45, 7) is 6.52. The Morgan fingerprint density at radius 3 is 2.57 bits per heavy atom. The van der Waals surface area contributed by atoms with Gasteiger partial charge in [0.05, 0.1) is 0 Å². The number of hydrogen-bond acceptors (Lipinski definition) is 4. The van der Waals surface area contributed by atoms with Gasteiger partial charge in [0.1, 0.15) is 5.01 Å². The number of aromatic nitrogens is 2. The molecule has 1 heterocycles. The minimum Gasteiger partial charge on any atom is -0.357 e. The molecule has 80 valence electrons. The van der Waals surface area contributed by atoms with E-state index in [4.69, 9.17) is 0 Å². The molecule has 0 aliphatic rings. The lowest BCUT2D eigenvalue weighted by Crippen LogP contribution is -2.17. The van der Waals surface area contributed by atoms with Gasteiger partial charge < -0.3 is 5.32 Å². The van der Waals surface area contributed by atoms with Gasteiger partial charge in [-0.1, -0.05) is 38.5 Å². The summed E-state index contributed by atoms with van der Waals surface area (Å²) in [6, 6.07) is 0.553. The molecule has 0 saturated carbocycles. The van der Waals surface area contributed by atoms with E-state index in [0.29, 0.717) is 6.04 Å². The molecule has 0 radical (unpaired) electrons. The van der Waals surface area contributed by atoms with Crippen molar-refractivity contribution in [3.63, 3.8) is 0 Å². The maximum Gasteiger partial charge on any atom is 0.205 e. The van der Waals surface area contributed by atoms with Crippen LogP contribution < -0.4 is 5.32 Å². The van der Waals surface area contributed by atoms with Crippen molar-refractivity contribution in [3.05, 3.63) is 5.01 Å². The monoisotopic (exact) mass is 213 g/mol. The van der Waals surface area contributed by atoms with Crippen molar-refractivity contribution in [2.45, 2.75) is 52.5 Å². The lowest BCUT2D eigenvalue weighted by Gasteiger charge is -2.13. The molecule has 0 aliphatic heterocycles. The highest BCUT2D eigenvalue weighted by Gasteiger charge is 2.08. The van der Waals surface area contributed by atoms with Crippen LogP contribution in [0.3, 0.4) is 0 Å². The molecule has 0 fully saturated rings. The number of aryl methyl sites for hydroxylation is 1. The molecule has 0 amide bonds. The summed E-state index contributed by atoms with van der Waals surface area (Å²) in [6.07, 6.45) is 4.54. The highest BCUT2D eigenvalue weighted by molar-refractivity contribution is 7.15. The molecule has 0 aromatic carbocycles. The molecule has 1 atom stereocenters. The first kappa shape index (κ1) is 11.4. The molecular formula is C10H19N3S. The largest absolute Gasteiger partial charge is 0.357 e. The zero-order valence-electron chi connectivity index (χ0n) is 9.21. The minimum atomic E-state index is 0.553. The van der Waals surface area contributed by atoms with Crippen LogP contribution in [-0.2, 0) is 6.42 Å². The standard InChI is InChI=1S/C10H19N3S/c1-4-7-8(5-2)11-10-13-12-9(6-3)14-10/h8H,4-7H2,1-3H3,(H,11,13). The van der Waals surface area contributed by atoms with Crippen LogP contribution in [0, 0.1) is 0 Å². The fraction of sp³-hybridized carbons (Fsp3) is 0.800. The Hall–Kier alpha value is -0.640. The summed E-state index contributed by atoms with van der Waals surface area (Å²) in [5.74, 6) is 0. The van der Waals surface area contributed by atoms with Crippen molar-refractivity contribution in [2.24, 2.45) is 0 Å². The highest BCUT2D eigenvalue weighted by atomic mass is 32.1. The van der Waals surface area contributed by atoms with Crippen molar-refractivity contribution in [1.29, 1.82) is 0 Å². The number of hydrogen-bond donors (Lipinski definition) is 1. The molecule has 0 saturated heterocycles. The number of nitrogens with one attached hydrogen (secondary N) is 1. The van der Waals surface area contributed by atoms with Crippen molar-refractivity contribution >= 4 is 16.5 Å². The average molecular weight is 213 g/mol. The summed E-state index contributed by atoms with van der Waals surface area (Å²) >= 11 is 1.67. The van der Waals surface area contributed by atoms with Crippen LogP contribution in [0.1, 0.15) is 45.0 Å². The molecule has 1 N–H and O–H groups in total. The lowest BCUT2D eigenvalue weighted by atomic mass is 10.1. The smallest absolute Gasteiger partial charge is 0.205 e. The quantitative estimate of drug-likeness (QED) is 0.789. The third kappa shape index (κ3) is 3.25. The molecule has 4 heteroatoms. The second-order valence-corrected chi connectivity index (χ2v) is 4.45. The zero-order valence-corrected chi connectivity index (χ0v) is 10.0. The second kappa shape index (κ2) is 5.96. The van der Waals surface area contributed by atoms with Gasteiger partial charge in [0.15, 0.2) is 0 Å². The Morgan fingerprint density at radius 1 is 1.29 bits per heavy atom. The Bertz CT molecular complexity index is 260. The van der Waals surface area contributed by atoms with Crippen LogP contribution in [0.15, 0.2) is 0 Å². The van der Waals surface area contributed by atoms with Crippen LogP contribution in [-0.4, -0.2) is 16.2 Å². The van der Waals surface area contributed by atoms with E-state index in [1.54, 1.807) is 11.3 Å². The Balaban J connectivity index is 2.48. The van der Waals surface area contributed by atoms with Crippen LogP contribution in [0.4, 0.5) is 5.13 Å². The van der Waals surface area contributed by atoms with Gasteiger partial charge in [-0.2, -0.15) is 0 Å². The summed E-state index contributed by atoms with van der Waals surface area (Å²) in [4.78, 5) is 0. The van der Waals surface area contributed by atoms with E-state index in [9.17, 15) is 0 Å². The van der Waals surface area contributed by atoms with E-state index in [-0.39, 0.29) is 0 Å². The number of nitrogens with zero attached hydrogens (tertiary/aromatic N) is 2. The maximum atomic E-state index is 4.11. The topological polar surface area (TPSA) is 37.8 Å².